The number of benzene rings is 2. The molecule has 1 atom stereocenters. The highest BCUT2D eigenvalue weighted by molar-refractivity contribution is 5.76. The van der Waals surface area contributed by atoms with Crippen molar-refractivity contribution in [2.24, 2.45) is 0 Å². The molecule has 0 saturated heterocycles. The molecular formula is C20H24N2. The number of para-hydroxylation sites is 2. The zero-order valence-corrected chi connectivity index (χ0v) is 13.7. The summed E-state index contributed by atoms with van der Waals surface area (Å²) in [5.41, 5.74) is 5.09. The molecule has 3 aromatic rings. The van der Waals surface area contributed by atoms with Crippen molar-refractivity contribution in [3.63, 3.8) is 0 Å². The molecule has 2 aromatic carbocycles. The van der Waals surface area contributed by atoms with Gasteiger partial charge in [-0.25, -0.2) is 4.98 Å². The molecule has 0 aliphatic heterocycles. The van der Waals surface area contributed by atoms with Crippen LogP contribution < -0.4 is 0 Å². The predicted molar refractivity (Wildman–Crippen MR) is 93.4 cm³/mol. The lowest BCUT2D eigenvalue weighted by atomic mass is 9.98. The molecule has 0 radical (unpaired) electrons. The van der Waals surface area contributed by atoms with Crippen LogP contribution in [0.2, 0.25) is 0 Å². The van der Waals surface area contributed by atoms with Crippen molar-refractivity contribution in [2.75, 3.05) is 0 Å². The first-order valence-electron chi connectivity index (χ1n) is 8.25. The molecule has 1 aromatic heterocycles. The van der Waals surface area contributed by atoms with Crippen LogP contribution in [0.3, 0.4) is 0 Å². The Morgan fingerprint density at radius 1 is 1.00 bits per heavy atom. The van der Waals surface area contributed by atoms with Gasteiger partial charge in [0.25, 0.3) is 0 Å². The van der Waals surface area contributed by atoms with Crippen LogP contribution in [0, 0.1) is 0 Å². The maximum absolute atomic E-state index is 4.75. The maximum Gasteiger partial charge on any atom is 0.109 e. The van der Waals surface area contributed by atoms with Gasteiger partial charge in [0.15, 0.2) is 0 Å². The minimum Gasteiger partial charge on any atom is -0.323 e. The minimum atomic E-state index is 0.634. The van der Waals surface area contributed by atoms with Crippen LogP contribution in [-0.4, -0.2) is 9.55 Å². The molecule has 22 heavy (non-hydrogen) atoms. The highest BCUT2D eigenvalue weighted by atomic mass is 15.1. The lowest BCUT2D eigenvalue weighted by molar-refractivity contribution is 0.728. The SMILES string of the molecule is CCc1nc2ccccc2n1Cc1ccc([C@@H](C)CC)cc1. The summed E-state index contributed by atoms with van der Waals surface area (Å²) in [4.78, 5) is 4.75. The van der Waals surface area contributed by atoms with Gasteiger partial charge in [-0.05, 0) is 35.6 Å². The van der Waals surface area contributed by atoms with Gasteiger partial charge in [-0.2, -0.15) is 0 Å². The van der Waals surface area contributed by atoms with Gasteiger partial charge in [0.2, 0.25) is 0 Å². The fourth-order valence-corrected chi connectivity index (χ4v) is 2.94. The lowest BCUT2D eigenvalue weighted by Crippen LogP contribution is -2.04. The molecule has 0 saturated carbocycles. The van der Waals surface area contributed by atoms with Gasteiger partial charge in [0, 0.05) is 13.0 Å². The maximum atomic E-state index is 4.75. The molecule has 2 heteroatoms. The average molecular weight is 292 g/mol. The molecule has 0 aliphatic carbocycles. The molecule has 114 valence electrons. The zero-order valence-electron chi connectivity index (χ0n) is 13.7. The second kappa shape index (κ2) is 6.35. The van der Waals surface area contributed by atoms with Crippen LogP contribution in [-0.2, 0) is 13.0 Å². The summed E-state index contributed by atoms with van der Waals surface area (Å²) < 4.78 is 2.34. The zero-order chi connectivity index (χ0) is 15.5. The molecule has 0 fully saturated rings. The molecule has 0 unspecified atom stereocenters. The lowest BCUT2D eigenvalue weighted by Gasteiger charge is -2.12. The summed E-state index contributed by atoms with van der Waals surface area (Å²) >= 11 is 0. The van der Waals surface area contributed by atoms with Crippen LogP contribution in [0.5, 0.6) is 0 Å². The largest absolute Gasteiger partial charge is 0.323 e. The van der Waals surface area contributed by atoms with E-state index in [-0.39, 0.29) is 0 Å². The first-order chi connectivity index (χ1) is 10.7. The highest BCUT2D eigenvalue weighted by Gasteiger charge is 2.09. The molecular weight excluding hydrogens is 268 g/mol. The Kier molecular flexibility index (Phi) is 4.28. The van der Waals surface area contributed by atoms with Gasteiger partial charge < -0.3 is 4.57 Å². The number of aromatic nitrogens is 2. The molecule has 3 rings (SSSR count). The number of nitrogens with zero attached hydrogens (tertiary/aromatic N) is 2. The normalized spacial score (nSPS) is 12.7. The third-order valence-electron chi connectivity index (χ3n) is 4.55. The molecule has 0 N–H and O–H groups in total. The van der Waals surface area contributed by atoms with E-state index >= 15 is 0 Å². The van der Waals surface area contributed by atoms with Gasteiger partial charge >= 0.3 is 0 Å². The van der Waals surface area contributed by atoms with Crippen LogP contribution in [0.15, 0.2) is 48.5 Å². The van der Waals surface area contributed by atoms with Crippen LogP contribution in [0.4, 0.5) is 0 Å². The van der Waals surface area contributed by atoms with E-state index in [9.17, 15) is 0 Å². The van der Waals surface area contributed by atoms with Crippen molar-refractivity contribution >= 4 is 11.0 Å². The van der Waals surface area contributed by atoms with E-state index in [1.54, 1.807) is 0 Å². The quantitative estimate of drug-likeness (QED) is 0.635. The van der Waals surface area contributed by atoms with E-state index in [1.807, 2.05) is 0 Å². The van der Waals surface area contributed by atoms with Gasteiger partial charge in [-0.3, -0.25) is 0 Å². The Labute approximate surface area is 132 Å². The second-order valence-corrected chi connectivity index (χ2v) is 6.01. The van der Waals surface area contributed by atoms with Crippen LogP contribution in [0.25, 0.3) is 11.0 Å². The molecule has 0 bridgehead atoms. The van der Waals surface area contributed by atoms with Gasteiger partial charge in [0.1, 0.15) is 5.82 Å². The van der Waals surface area contributed by atoms with Gasteiger partial charge in [0.05, 0.1) is 11.0 Å². The number of fused-ring (bicyclic) bond motifs is 1. The number of hydrogen-bond donors (Lipinski definition) is 0. The van der Waals surface area contributed by atoms with Crippen LogP contribution >= 0.6 is 0 Å². The van der Waals surface area contributed by atoms with Crippen molar-refractivity contribution in [2.45, 2.75) is 46.1 Å². The van der Waals surface area contributed by atoms with Gasteiger partial charge in [-0.1, -0.05) is 57.2 Å². The standard InChI is InChI=1S/C20H24N2/c1-4-15(3)17-12-10-16(11-13-17)14-22-19-9-7-6-8-18(19)21-20(22)5-2/h6-13,15H,4-5,14H2,1-3H3/t15-/m0/s1. The average Bonchev–Trinajstić information content (AvgIpc) is 2.93. The molecule has 1 heterocycles. The molecule has 0 aliphatic rings. The first kappa shape index (κ1) is 14.8. The Morgan fingerprint density at radius 3 is 2.41 bits per heavy atom. The summed E-state index contributed by atoms with van der Waals surface area (Å²) in [6.45, 7) is 7.59. The first-order valence-corrected chi connectivity index (χ1v) is 8.25. The molecule has 0 spiro atoms. The third-order valence-corrected chi connectivity index (χ3v) is 4.55. The van der Waals surface area contributed by atoms with Crippen molar-refractivity contribution < 1.29 is 0 Å². The number of rotatable bonds is 5. The van der Waals surface area contributed by atoms with E-state index in [1.165, 1.54) is 23.1 Å². The fourth-order valence-electron chi connectivity index (χ4n) is 2.94. The van der Waals surface area contributed by atoms with Crippen molar-refractivity contribution in [1.29, 1.82) is 0 Å². The number of aryl methyl sites for hydroxylation is 1. The summed E-state index contributed by atoms with van der Waals surface area (Å²) in [5.74, 6) is 1.79. The second-order valence-electron chi connectivity index (χ2n) is 6.01. The van der Waals surface area contributed by atoms with Crippen LogP contribution in [0.1, 0.15) is 50.1 Å². The van der Waals surface area contributed by atoms with Crippen molar-refractivity contribution in [1.82, 2.24) is 9.55 Å². The Hall–Kier alpha value is -2.09. The number of imidazole rings is 1. The number of hydrogen-bond acceptors (Lipinski definition) is 1. The Morgan fingerprint density at radius 2 is 1.73 bits per heavy atom. The van der Waals surface area contributed by atoms with E-state index in [2.05, 4.69) is 73.9 Å². The summed E-state index contributed by atoms with van der Waals surface area (Å²) in [6.07, 6.45) is 2.14. The third kappa shape index (κ3) is 2.78. The topological polar surface area (TPSA) is 17.8 Å². The smallest absolute Gasteiger partial charge is 0.109 e. The van der Waals surface area contributed by atoms with E-state index in [0.717, 1.165) is 24.3 Å². The summed E-state index contributed by atoms with van der Waals surface area (Å²) in [5, 5.41) is 0. The van der Waals surface area contributed by atoms with Gasteiger partial charge in [-0.15, -0.1) is 0 Å². The Bertz CT molecular complexity index is 753. The fraction of sp³-hybridized carbons (Fsp3) is 0.350. The predicted octanol–water partition coefficient (Wildman–Crippen LogP) is 5.16. The summed E-state index contributed by atoms with van der Waals surface area (Å²) in [7, 11) is 0. The highest BCUT2D eigenvalue weighted by Crippen LogP contribution is 2.21. The summed E-state index contributed by atoms with van der Waals surface area (Å²) in [6, 6.07) is 17.5. The van der Waals surface area contributed by atoms with Crippen molar-refractivity contribution in [3.8, 4) is 0 Å². The minimum absolute atomic E-state index is 0.634. The van der Waals surface area contributed by atoms with Crippen molar-refractivity contribution in [3.05, 3.63) is 65.5 Å². The van der Waals surface area contributed by atoms with E-state index < -0.39 is 0 Å². The monoisotopic (exact) mass is 292 g/mol. The molecule has 2 nitrogen and oxygen atoms in total. The van der Waals surface area contributed by atoms with E-state index in [0.29, 0.717) is 5.92 Å². The Balaban J connectivity index is 1.92. The molecule has 0 amide bonds. The van der Waals surface area contributed by atoms with E-state index in [4.69, 9.17) is 4.98 Å².